The van der Waals surface area contributed by atoms with Crippen LogP contribution < -0.4 is 5.32 Å². The second-order valence-electron chi connectivity index (χ2n) is 5.42. The van der Waals surface area contributed by atoms with Gasteiger partial charge in [-0.2, -0.15) is 0 Å². The summed E-state index contributed by atoms with van der Waals surface area (Å²) in [6, 6.07) is 7.73. The lowest BCUT2D eigenvalue weighted by molar-refractivity contribution is -0.130. The summed E-state index contributed by atoms with van der Waals surface area (Å²) in [7, 11) is 0. The van der Waals surface area contributed by atoms with Crippen LogP contribution in [-0.2, 0) is 9.59 Å². The number of hydrogen-bond acceptors (Lipinski definition) is 2. The van der Waals surface area contributed by atoms with Crippen molar-refractivity contribution in [3.63, 3.8) is 0 Å². The molecule has 1 N–H and O–H groups in total. The Morgan fingerprint density at radius 1 is 1.43 bits per heavy atom. The van der Waals surface area contributed by atoms with Crippen LogP contribution in [0.1, 0.15) is 33.1 Å². The van der Waals surface area contributed by atoms with Gasteiger partial charge < -0.3 is 10.2 Å². The molecule has 1 heterocycles. The number of benzene rings is 1. The molecule has 2 amide bonds. The van der Waals surface area contributed by atoms with Gasteiger partial charge in [0, 0.05) is 29.2 Å². The summed E-state index contributed by atoms with van der Waals surface area (Å²) in [6.45, 7) is 4.69. The van der Waals surface area contributed by atoms with Crippen molar-refractivity contribution in [2.24, 2.45) is 5.92 Å². The molecule has 5 heteroatoms. The van der Waals surface area contributed by atoms with Crippen LogP contribution in [0, 0.1) is 5.92 Å². The van der Waals surface area contributed by atoms with Crippen molar-refractivity contribution in [3.05, 3.63) is 28.7 Å². The zero-order chi connectivity index (χ0) is 15.4. The molecule has 0 saturated carbocycles. The van der Waals surface area contributed by atoms with Crippen LogP contribution in [-0.4, -0.2) is 29.3 Å². The summed E-state index contributed by atoms with van der Waals surface area (Å²) < 4.78 is 0.918. The highest BCUT2D eigenvalue weighted by Gasteiger charge is 2.36. The standard InChI is InChI=1S/C16H21BrN2O2/c1-3-14(4-2)19-10-11(8-15(19)20)16(21)18-13-7-5-6-12(17)9-13/h5-7,9,11,14H,3-4,8,10H2,1-2H3,(H,18,21). The number of amides is 2. The second-order valence-corrected chi connectivity index (χ2v) is 6.33. The Balaban J connectivity index is 2.00. The second kappa shape index (κ2) is 7.07. The Morgan fingerprint density at radius 3 is 2.76 bits per heavy atom. The van der Waals surface area contributed by atoms with Gasteiger partial charge in [-0.3, -0.25) is 9.59 Å². The highest BCUT2D eigenvalue weighted by Crippen LogP contribution is 2.24. The fraction of sp³-hybridized carbons (Fsp3) is 0.500. The van der Waals surface area contributed by atoms with Crippen LogP contribution in [0.3, 0.4) is 0 Å². The average molecular weight is 353 g/mol. The third kappa shape index (κ3) is 3.84. The molecule has 1 atom stereocenters. The molecule has 0 spiro atoms. The van der Waals surface area contributed by atoms with Crippen LogP contribution in [0.25, 0.3) is 0 Å². The van der Waals surface area contributed by atoms with Gasteiger partial charge in [0.15, 0.2) is 0 Å². The minimum Gasteiger partial charge on any atom is -0.339 e. The minimum absolute atomic E-state index is 0.0742. The first-order valence-electron chi connectivity index (χ1n) is 7.41. The molecule has 1 saturated heterocycles. The Labute approximate surface area is 134 Å². The first kappa shape index (κ1) is 16.0. The normalized spacial score (nSPS) is 18.4. The Kier molecular flexibility index (Phi) is 5.39. The van der Waals surface area contributed by atoms with Crippen molar-refractivity contribution in [1.82, 2.24) is 4.90 Å². The maximum Gasteiger partial charge on any atom is 0.229 e. The van der Waals surface area contributed by atoms with Gasteiger partial charge in [-0.25, -0.2) is 0 Å². The highest BCUT2D eigenvalue weighted by molar-refractivity contribution is 9.10. The van der Waals surface area contributed by atoms with E-state index in [4.69, 9.17) is 0 Å². The Bertz CT molecular complexity index is 529. The molecule has 2 rings (SSSR count). The molecular formula is C16H21BrN2O2. The third-order valence-corrected chi connectivity index (χ3v) is 4.50. The lowest BCUT2D eigenvalue weighted by Crippen LogP contribution is -2.36. The molecule has 0 aromatic heterocycles. The van der Waals surface area contributed by atoms with Crippen LogP contribution in [0.5, 0.6) is 0 Å². The number of anilines is 1. The van der Waals surface area contributed by atoms with Crippen LogP contribution in [0.2, 0.25) is 0 Å². The van der Waals surface area contributed by atoms with Crippen molar-refractivity contribution < 1.29 is 9.59 Å². The van der Waals surface area contributed by atoms with E-state index in [2.05, 4.69) is 35.1 Å². The first-order chi connectivity index (χ1) is 10.0. The van der Waals surface area contributed by atoms with Crippen molar-refractivity contribution in [3.8, 4) is 0 Å². The monoisotopic (exact) mass is 352 g/mol. The van der Waals surface area contributed by atoms with Gasteiger partial charge in [0.1, 0.15) is 0 Å². The average Bonchev–Trinajstić information content (AvgIpc) is 2.83. The van der Waals surface area contributed by atoms with Gasteiger partial charge in [-0.15, -0.1) is 0 Å². The molecule has 114 valence electrons. The van der Waals surface area contributed by atoms with Gasteiger partial charge in [0.25, 0.3) is 0 Å². The maximum atomic E-state index is 12.3. The quantitative estimate of drug-likeness (QED) is 0.882. The van der Waals surface area contributed by atoms with Gasteiger partial charge in [-0.05, 0) is 31.0 Å². The molecule has 21 heavy (non-hydrogen) atoms. The molecule has 1 aromatic rings. The van der Waals surface area contributed by atoms with Crippen LogP contribution >= 0.6 is 15.9 Å². The van der Waals surface area contributed by atoms with Crippen LogP contribution in [0.4, 0.5) is 5.69 Å². The molecule has 1 aliphatic heterocycles. The predicted molar refractivity (Wildman–Crippen MR) is 87.0 cm³/mol. The number of halogens is 1. The van der Waals surface area contributed by atoms with Gasteiger partial charge >= 0.3 is 0 Å². The molecule has 4 nitrogen and oxygen atoms in total. The predicted octanol–water partition coefficient (Wildman–Crippen LogP) is 3.42. The van der Waals surface area contributed by atoms with E-state index < -0.39 is 0 Å². The largest absolute Gasteiger partial charge is 0.339 e. The lowest BCUT2D eigenvalue weighted by atomic mass is 10.1. The van der Waals surface area contributed by atoms with E-state index in [1.54, 1.807) is 0 Å². The zero-order valence-corrected chi connectivity index (χ0v) is 14.0. The molecule has 1 aromatic carbocycles. The topological polar surface area (TPSA) is 49.4 Å². The van der Waals surface area contributed by atoms with E-state index >= 15 is 0 Å². The van der Waals surface area contributed by atoms with Crippen molar-refractivity contribution >= 4 is 33.4 Å². The highest BCUT2D eigenvalue weighted by atomic mass is 79.9. The zero-order valence-electron chi connectivity index (χ0n) is 12.4. The summed E-state index contributed by atoms with van der Waals surface area (Å²) in [6.07, 6.45) is 2.18. The molecule has 1 aliphatic rings. The van der Waals surface area contributed by atoms with Crippen molar-refractivity contribution in [2.45, 2.75) is 39.2 Å². The summed E-state index contributed by atoms with van der Waals surface area (Å²) in [5.41, 5.74) is 0.753. The minimum atomic E-state index is -0.253. The van der Waals surface area contributed by atoms with E-state index in [0.717, 1.165) is 23.0 Å². The summed E-state index contributed by atoms with van der Waals surface area (Å²) in [5.74, 6) is -0.231. The smallest absolute Gasteiger partial charge is 0.229 e. The number of nitrogens with one attached hydrogen (secondary N) is 1. The van der Waals surface area contributed by atoms with Crippen LogP contribution in [0.15, 0.2) is 28.7 Å². The van der Waals surface area contributed by atoms with Crippen molar-refractivity contribution in [2.75, 3.05) is 11.9 Å². The van der Waals surface area contributed by atoms with E-state index in [-0.39, 0.29) is 23.8 Å². The van der Waals surface area contributed by atoms with Gasteiger partial charge in [0.05, 0.1) is 5.92 Å². The molecule has 0 bridgehead atoms. The van der Waals surface area contributed by atoms with E-state index in [1.807, 2.05) is 29.2 Å². The molecule has 1 fully saturated rings. The Morgan fingerprint density at radius 2 is 2.14 bits per heavy atom. The van der Waals surface area contributed by atoms with E-state index in [0.29, 0.717) is 13.0 Å². The lowest BCUT2D eigenvalue weighted by Gasteiger charge is -2.26. The number of likely N-dealkylation sites (tertiary alicyclic amines) is 1. The number of carbonyl (C=O) groups excluding carboxylic acids is 2. The molecule has 0 aliphatic carbocycles. The number of hydrogen-bond donors (Lipinski definition) is 1. The first-order valence-corrected chi connectivity index (χ1v) is 8.20. The third-order valence-electron chi connectivity index (χ3n) is 4.00. The number of carbonyl (C=O) groups is 2. The fourth-order valence-corrected chi connectivity index (χ4v) is 3.20. The summed E-state index contributed by atoms with van der Waals surface area (Å²) in [4.78, 5) is 26.3. The number of nitrogens with zero attached hydrogens (tertiary/aromatic N) is 1. The SMILES string of the molecule is CCC(CC)N1CC(C(=O)Nc2cccc(Br)c2)CC1=O. The molecular weight excluding hydrogens is 332 g/mol. The van der Waals surface area contributed by atoms with Gasteiger partial charge in [0.2, 0.25) is 11.8 Å². The summed E-state index contributed by atoms with van der Waals surface area (Å²) in [5, 5.41) is 2.89. The van der Waals surface area contributed by atoms with E-state index in [1.165, 1.54) is 0 Å². The van der Waals surface area contributed by atoms with E-state index in [9.17, 15) is 9.59 Å². The molecule has 0 radical (unpaired) electrons. The maximum absolute atomic E-state index is 12.3. The fourth-order valence-electron chi connectivity index (χ4n) is 2.80. The number of rotatable bonds is 5. The Hall–Kier alpha value is -1.36. The van der Waals surface area contributed by atoms with Crippen molar-refractivity contribution in [1.29, 1.82) is 0 Å². The van der Waals surface area contributed by atoms with Gasteiger partial charge in [-0.1, -0.05) is 35.8 Å². The molecule has 1 unspecified atom stereocenters. The summed E-state index contributed by atoms with van der Waals surface area (Å²) >= 11 is 3.38.